The number of esters is 1. The molecular formula is C19H24N2O5. The maximum atomic E-state index is 12.1. The van der Waals surface area contributed by atoms with Gasteiger partial charge in [-0.25, -0.2) is 4.79 Å². The summed E-state index contributed by atoms with van der Waals surface area (Å²) in [4.78, 5) is 35.1. The summed E-state index contributed by atoms with van der Waals surface area (Å²) in [5, 5.41) is 5.27. The van der Waals surface area contributed by atoms with E-state index in [-0.39, 0.29) is 24.4 Å². The summed E-state index contributed by atoms with van der Waals surface area (Å²) in [6.45, 7) is 0.0811. The molecule has 7 nitrogen and oxygen atoms in total. The number of methoxy groups -OCH3 is 1. The van der Waals surface area contributed by atoms with Crippen molar-refractivity contribution >= 4 is 23.7 Å². The molecule has 2 fully saturated rings. The van der Waals surface area contributed by atoms with Gasteiger partial charge in [0.1, 0.15) is 0 Å². The molecule has 0 unspecified atom stereocenters. The standard InChI is InChI=1S/C19H24N2O5/c1-25-19(24)21-15-6-3-12(4-7-15)10-20-17(22)11-26-18(23)16-9-13-2-5-14(16)8-13/h3-4,6-7,13-14,16H,2,5,8-11H2,1H3,(H,20,22)(H,21,24)/t13-,14-,16-/m0/s1. The van der Waals surface area contributed by atoms with E-state index in [4.69, 9.17) is 4.74 Å². The van der Waals surface area contributed by atoms with E-state index in [2.05, 4.69) is 15.4 Å². The normalized spacial score (nSPS) is 23.3. The molecule has 0 heterocycles. The molecule has 3 atom stereocenters. The number of hydrogen-bond donors (Lipinski definition) is 2. The van der Waals surface area contributed by atoms with Crippen LogP contribution in [-0.4, -0.2) is 31.7 Å². The highest BCUT2D eigenvalue weighted by Gasteiger charge is 2.43. The third-order valence-electron chi connectivity index (χ3n) is 5.26. The first-order valence-corrected chi connectivity index (χ1v) is 8.92. The Morgan fingerprint density at radius 2 is 1.88 bits per heavy atom. The summed E-state index contributed by atoms with van der Waals surface area (Å²) in [6, 6.07) is 7.00. The average molecular weight is 360 g/mol. The molecule has 7 heteroatoms. The first-order valence-electron chi connectivity index (χ1n) is 8.92. The average Bonchev–Trinajstić information content (AvgIpc) is 3.29. The van der Waals surface area contributed by atoms with Crippen LogP contribution < -0.4 is 10.6 Å². The zero-order valence-corrected chi connectivity index (χ0v) is 14.8. The first kappa shape index (κ1) is 18.2. The van der Waals surface area contributed by atoms with Crippen LogP contribution in [0.2, 0.25) is 0 Å². The van der Waals surface area contributed by atoms with Crippen LogP contribution in [0.4, 0.5) is 10.5 Å². The summed E-state index contributed by atoms with van der Waals surface area (Å²) in [7, 11) is 1.29. The van der Waals surface area contributed by atoms with Crippen molar-refractivity contribution in [1.82, 2.24) is 5.32 Å². The van der Waals surface area contributed by atoms with Gasteiger partial charge in [0, 0.05) is 12.2 Å². The molecule has 0 radical (unpaired) electrons. The van der Waals surface area contributed by atoms with Crippen LogP contribution in [0.15, 0.2) is 24.3 Å². The Balaban J connectivity index is 1.37. The molecule has 2 aliphatic rings. The molecule has 2 N–H and O–H groups in total. The minimum atomic E-state index is -0.539. The maximum absolute atomic E-state index is 12.1. The van der Waals surface area contributed by atoms with E-state index >= 15 is 0 Å². The molecule has 26 heavy (non-hydrogen) atoms. The van der Waals surface area contributed by atoms with Gasteiger partial charge in [-0.3, -0.25) is 14.9 Å². The number of anilines is 1. The van der Waals surface area contributed by atoms with Gasteiger partial charge < -0.3 is 14.8 Å². The summed E-state index contributed by atoms with van der Waals surface area (Å²) < 4.78 is 9.71. The Morgan fingerprint density at radius 3 is 2.50 bits per heavy atom. The second-order valence-corrected chi connectivity index (χ2v) is 6.98. The SMILES string of the molecule is COC(=O)Nc1ccc(CNC(=O)COC(=O)[C@H]2C[C@H]3CC[C@H]2C3)cc1. The van der Waals surface area contributed by atoms with Crippen molar-refractivity contribution in [2.24, 2.45) is 17.8 Å². The van der Waals surface area contributed by atoms with Crippen molar-refractivity contribution in [2.75, 3.05) is 19.0 Å². The van der Waals surface area contributed by atoms with Crippen LogP contribution in [0.5, 0.6) is 0 Å². The lowest BCUT2D eigenvalue weighted by atomic mass is 9.89. The van der Waals surface area contributed by atoms with Gasteiger partial charge in [0.2, 0.25) is 0 Å². The monoisotopic (exact) mass is 360 g/mol. The Hall–Kier alpha value is -2.57. The van der Waals surface area contributed by atoms with Crippen molar-refractivity contribution < 1.29 is 23.9 Å². The van der Waals surface area contributed by atoms with Gasteiger partial charge in [0.05, 0.1) is 13.0 Å². The molecule has 3 rings (SSSR count). The summed E-state index contributed by atoms with van der Waals surface area (Å²) in [5.41, 5.74) is 1.47. The number of benzene rings is 1. The molecule has 0 aliphatic heterocycles. The Labute approximate surface area is 152 Å². The van der Waals surface area contributed by atoms with Crippen molar-refractivity contribution in [3.63, 3.8) is 0 Å². The molecule has 0 spiro atoms. The van der Waals surface area contributed by atoms with Crippen LogP contribution in [0.1, 0.15) is 31.2 Å². The number of carbonyl (C=O) groups is 3. The molecule has 2 bridgehead atoms. The van der Waals surface area contributed by atoms with E-state index in [1.165, 1.54) is 13.5 Å². The molecule has 140 valence electrons. The predicted octanol–water partition coefficient (Wildman–Crippen LogP) is 2.46. The third kappa shape index (κ3) is 4.53. The van der Waals surface area contributed by atoms with Gasteiger partial charge >= 0.3 is 12.1 Å². The van der Waals surface area contributed by atoms with E-state index in [0.717, 1.165) is 24.8 Å². The molecule has 0 aromatic heterocycles. The lowest BCUT2D eigenvalue weighted by Crippen LogP contribution is -2.31. The fourth-order valence-electron chi connectivity index (χ4n) is 3.90. The number of amides is 2. The first-order chi connectivity index (χ1) is 12.5. The fraction of sp³-hybridized carbons (Fsp3) is 0.526. The summed E-state index contributed by atoms with van der Waals surface area (Å²) >= 11 is 0. The minimum Gasteiger partial charge on any atom is -0.455 e. The minimum absolute atomic E-state index is 0.0172. The number of rotatable bonds is 6. The van der Waals surface area contributed by atoms with Crippen LogP contribution in [-0.2, 0) is 25.6 Å². The largest absolute Gasteiger partial charge is 0.455 e. The lowest BCUT2D eigenvalue weighted by molar-refractivity contribution is -0.154. The van der Waals surface area contributed by atoms with Crippen molar-refractivity contribution in [3.8, 4) is 0 Å². The maximum Gasteiger partial charge on any atom is 0.411 e. The molecule has 2 saturated carbocycles. The van der Waals surface area contributed by atoms with Crippen molar-refractivity contribution in [3.05, 3.63) is 29.8 Å². The van der Waals surface area contributed by atoms with Crippen molar-refractivity contribution in [1.29, 1.82) is 0 Å². The van der Waals surface area contributed by atoms with Gasteiger partial charge in [-0.1, -0.05) is 18.6 Å². The summed E-state index contributed by atoms with van der Waals surface area (Å²) in [6.07, 6.45) is 3.84. The predicted molar refractivity (Wildman–Crippen MR) is 94.2 cm³/mol. The Bertz CT molecular complexity index is 673. The topological polar surface area (TPSA) is 93.7 Å². The lowest BCUT2D eigenvalue weighted by Gasteiger charge is -2.19. The Kier molecular flexibility index (Phi) is 5.75. The van der Waals surface area contributed by atoms with Crippen molar-refractivity contribution in [2.45, 2.75) is 32.2 Å². The number of carbonyl (C=O) groups excluding carboxylic acids is 3. The van der Waals surface area contributed by atoms with Crippen LogP contribution >= 0.6 is 0 Å². The zero-order valence-electron chi connectivity index (χ0n) is 14.8. The second kappa shape index (κ2) is 8.21. The number of ether oxygens (including phenoxy) is 2. The second-order valence-electron chi connectivity index (χ2n) is 6.98. The molecular weight excluding hydrogens is 336 g/mol. The van der Waals surface area contributed by atoms with Gasteiger partial charge in [-0.2, -0.15) is 0 Å². The number of fused-ring (bicyclic) bond motifs is 2. The highest BCUT2D eigenvalue weighted by molar-refractivity contribution is 5.84. The van der Waals surface area contributed by atoms with Crippen LogP contribution in [0, 0.1) is 17.8 Å². The molecule has 2 amide bonds. The van der Waals surface area contributed by atoms with E-state index in [1.807, 2.05) is 0 Å². The highest BCUT2D eigenvalue weighted by atomic mass is 16.5. The fourth-order valence-corrected chi connectivity index (χ4v) is 3.90. The zero-order chi connectivity index (χ0) is 18.5. The quantitative estimate of drug-likeness (QED) is 0.760. The molecule has 1 aromatic carbocycles. The molecule has 2 aliphatic carbocycles. The van der Waals surface area contributed by atoms with Crippen LogP contribution in [0.3, 0.4) is 0 Å². The Morgan fingerprint density at radius 1 is 1.12 bits per heavy atom. The van der Waals surface area contributed by atoms with E-state index in [1.54, 1.807) is 24.3 Å². The van der Waals surface area contributed by atoms with Gasteiger partial charge in [-0.05, 0) is 48.8 Å². The number of hydrogen-bond acceptors (Lipinski definition) is 5. The summed E-state index contributed by atoms with van der Waals surface area (Å²) in [5.74, 6) is 0.552. The smallest absolute Gasteiger partial charge is 0.411 e. The number of nitrogens with one attached hydrogen (secondary N) is 2. The van der Waals surface area contributed by atoms with Gasteiger partial charge in [0.25, 0.3) is 5.91 Å². The molecule has 0 saturated heterocycles. The van der Waals surface area contributed by atoms with Gasteiger partial charge in [-0.15, -0.1) is 0 Å². The van der Waals surface area contributed by atoms with Gasteiger partial charge in [0.15, 0.2) is 6.61 Å². The molecule has 1 aromatic rings. The highest BCUT2D eigenvalue weighted by Crippen LogP contribution is 2.48. The third-order valence-corrected chi connectivity index (χ3v) is 5.26. The van der Waals surface area contributed by atoms with E-state index in [9.17, 15) is 14.4 Å². The van der Waals surface area contributed by atoms with Crippen LogP contribution in [0.25, 0.3) is 0 Å². The van der Waals surface area contributed by atoms with E-state index < -0.39 is 6.09 Å². The van der Waals surface area contributed by atoms with E-state index in [0.29, 0.717) is 24.1 Å².